The van der Waals surface area contributed by atoms with Gasteiger partial charge in [-0.3, -0.25) is 4.79 Å². The molecule has 0 aliphatic carbocycles. The highest BCUT2D eigenvalue weighted by Gasteiger charge is 2.22. The number of likely N-dealkylation sites (tertiary alicyclic amines) is 1. The first-order valence-electron chi connectivity index (χ1n) is 6.58. The summed E-state index contributed by atoms with van der Waals surface area (Å²) in [5.41, 5.74) is 2.31. The topological polar surface area (TPSA) is 20.3 Å². The van der Waals surface area contributed by atoms with E-state index in [1.807, 2.05) is 17.0 Å². The van der Waals surface area contributed by atoms with Crippen molar-refractivity contribution in [3.8, 4) is 0 Å². The average molecular weight is 266 g/mol. The van der Waals surface area contributed by atoms with Crippen LogP contribution in [0, 0.1) is 12.8 Å². The zero-order valence-electron chi connectivity index (χ0n) is 10.9. The minimum Gasteiger partial charge on any atom is -0.342 e. The van der Waals surface area contributed by atoms with E-state index < -0.39 is 0 Å². The van der Waals surface area contributed by atoms with Crippen LogP contribution in [0.4, 0.5) is 0 Å². The number of piperidine rings is 1. The number of carbonyl (C=O) groups excluding carboxylic acids is 1. The van der Waals surface area contributed by atoms with Crippen molar-refractivity contribution in [2.75, 3.05) is 19.0 Å². The maximum Gasteiger partial charge on any atom is 0.226 e. The summed E-state index contributed by atoms with van der Waals surface area (Å²) in [6, 6.07) is 8.17. The Hall–Kier alpha value is -1.02. The molecule has 0 aromatic heterocycles. The van der Waals surface area contributed by atoms with E-state index in [0.717, 1.165) is 31.5 Å². The summed E-state index contributed by atoms with van der Waals surface area (Å²) in [5.74, 6) is 1.37. The van der Waals surface area contributed by atoms with Gasteiger partial charge in [-0.05, 0) is 31.2 Å². The molecule has 1 amide bonds. The molecule has 0 bridgehead atoms. The van der Waals surface area contributed by atoms with Gasteiger partial charge in [-0.2, -0.15) is 0 Å². The average Bonchev–Trinajstić information content (AvgIpc) is 2.39. The van der Waals surface area contributed by atoms with Crippen molar-refractivity contribution in [1.82, 2.24) is 4.90 Å². The van der Waals surface area contributed by atoms with E-state index >= 15 is 0 Å². The van der Waals surface area contributed by atoms with Crippen LogP contribution in [0.2, 0.25) is 0 Å². The molecule has 0 saturated carbocycles. The Kier molecular flexibility index (Phi) is 4.65. The third-order valence-corrected chi connectivity index (χ3v) is 3.96. The van der Waals surface area contributed by atoms with Crippen molar-refractivity contribution in [3.05, 3.63) is 35.4 Å². The number of aryl methyl sites for hydroxylation is 1. The fourth-order valence-corrected chi connectivity index (χ4v) is 2.78. The van der Waals surface area contributed by atoms with E-state index in [1.54, 1.807) is 0 Å². The molecule has 1 atom stereocenters. The fraction of sp³-hybridized carbons (Fsp3) is 0.533. The zero-order chi connectivity index (χ0) is 13.0. The van der Waals surface area contributed by atoms with Crippen molar-refractivity contribution in [2.45, 2.75) is 26.2 Å². The summed E-state index contributed by atoms with van der Waals surface area (Å²) < 4.78 is 0. The van der Waals surface area contributed by atoms with Crippen LogP contribution in [0.25, 0.3) is 0 Å². The Bertz CT molecular complexity index is 419. The molecule has 2 rings (SSSR count). The van der Waals surface area contributed by atoms with Gasteiger partial charge in [0.15, 0.2) is 0 Å². The SMILES string of the molecule is Cc1cccc(CC(=O)N2CCCC(CCl)C2)c1. The molecule has 1 aliphatic rings. The first kappa shape index (κ1) is 13.4. The van der Waals surface area contributed by atoms with Gasteiger partial charge in [0.05, 0.1) is 6.42 Å². The van der Waals surface area contributed by atoms with Gasteiger partial charge in [0.25, 0.3) is 0 Å². The van der Waals surface area contributed by atoms with Crippen molar-refractivity contribution in [1.29, 1.82) is 0 Å². The molecule has 18 heavy (non-hydrogen) atoms. The minimum absolute atomic E-state index is 0.232. The minimum atomic E-state index is 0.232. The van der Waals surface area contributed by atoms with E-state index in [-0.39, 0.29) is 5.91 Å². The number of halogens is 1. The van der Waals surface area contributed by atoms with Gasteiger partial charge < -0.3 is 4.90 Å². The van der Waals surface area contributed by atoms with E-state index in [1.165, 1.54) is 5.56 Å². The van der Waals surface area contributed by atoms with Crippen molar-refractivity contribution < 1.29 is 4.79 Å². The molecule has 0 spiro atoms. The number of alkyl halides is 1. The largest absolute Gasteiger partial charge is 0.342 e. The molecular formula is C15H20ClNO. The highest BCUT2D eigenvalue weighted by Crippen LogP contribution is 2.18. The van der Waals surface area contributed by atoms with Crippen LogP contribution >= 0.6 is 11.6 Å². The first-order valence-corrected chi connectivity index (χ1v) is 7.12. The third-order valence-electron chi connectivity index (χ3n) is 3.53. The van der Waals surface area contributed by atoms with Crippen LogP contribution in [0.15, 0.2) is 24.3 Å². The number of hydrogen-bond acceptors (Lipinski definition) is 1. The van der Waals surface area contributed by atoms with E-state index in [0.29, 0.717) is 18.2 Å². The van der Waals surface area contributed by atoms with Gasteiger partial charge in [0, 0.05) is 19.0 Å². The predicted octanol–water partition coefficient (Wildman–Crippen LogP) is 3.01. The third kappa shape index (κ3) is 3.49. The second-order valence-electron chi connectivity index (χ2n) is 5.17. The lowest BCUT2D eigenvalue weighted by molar-refractivity contribution is -0.132. The zero-order valence-corrected chi connectivity index (χ0v) is 11.6. The maximum absolute atomic E-state index is 12.2. The molecule has 3 heteroatoms. The quantitative estimate of drug-likeness (QED) is 0.770. The Labute approximate surface area is 114 Å². The standard InChI is InChI=1S/C15H20ClNO/c1-12-4-2-5-13(8-12)9-15(18)17-7-3-6-14(10-16)11-17/h2,4-5,8,14H,3,6-7,9-11H2,1H3. The Morgan fingerprint density at radius 3 is 3.06 bits per heavy atom. The molecule has 1 fully saturated rings. The van der Waals surface area contributed by atoms with Gasteiger partial charge in [0.2, 0.25) is 5.91 Å². The molecule has 1 unspecified atom stereocenters. The lowest BCUT2D eigenvalue weighted by Gasteiger charge is -2.32. The first-order chi connectivity index (χ1) is 8.69. The molecule has 2 nitrogen and oxygen atoms in total. The summed E-state index contributed by atoms with van der Waals surface area (Å²) in [4.78, 5) is 14.2. The Morgan fingerprint density at radius 2 is 2.33 bits per heavy atom. The Balaban J connectivity index is 1.95. The smallest absolute Gasteiger partial charge is 0.226 e. The summed E-state index contributed by atoms with van der Waals surface area (Å²) in [6.45, 7) is 3.77. The van der Waals surface area contributed by atoms with Gasteiger partial charge in [-0.15, -0.1) is 11.6 Å². The van der Waals surface area contributed by atoms with Gasteiger partial charge >= 0.3 is 0 Å². The van der Waals surface area contributed by atoms with Crippen molar-refractivity contribution in [3.63, 3.8) is 0 Å². The molecule has 98 valence electrons. The van der Waals surface area contributed by atoms with Gasteiger partial charge in [-0.1, -0.05) is 29.8 Å². The van der Waals surface area contributed by atoms with Crippen LogP contribution in [0.1, 0.15) is 24.0 Å². The van der Waals surface area contributed by atoms with Gasteiger partial charge in [-0.25, -0.2) is 0 Å². The number of nitrogens with zero attached hydrogens (tertiary/aromatic N) is 1. The molecular weight excluding hydrogens is 246 g/mol. The summed E-state index contributed by atoms with van der Waals surface area (Å²) in [7, 11) is 0. The summed E-state index contributed by atoms with van der Waals surface area (Å²) >= 11 is 5.89. The van der Waals surface area contributed by atoms with Crippen LogP contribution in [-0.4, -0.2) is 29.8 Å². The van der Waals surface area contributed by atoms with Crippen LogP contribution in [0.5, 0.6) is 0 Å². The molecule has 0 N–H and O–H groups in total. The molecule has 1 aliphatic heterocycles. The van der Waals surface area contributed by atoms with Gasteiger partial charge in [0.1, 0.15) is 0 Å². The molecule has 1 saturated heterocycles. The number of amides is 1. The molecule has 0 radical (unpaired) electrons. The van der Waals surface area contributed by atoms with E-state index in [2.05, 4.69) is 19.1 Å². The molecule has 1 aromatic carbocycles. The molecule has 1 aromatic rings. The number of carbonyl (C=O) groups is 1. The fourth-order valence-electron chi connectivity index (χ4n) is 2.53. The normalized spacial score (nSPS) is 19.9. The highest BCUT2D eigenvalue weighted by atomic mass is 35.5. The van der Waals surface area contributed by atoms with E-state index in [9.17, 15) is 4.79 Å². The lowest BCUT2D eigenvalue weighted by atomic mass is 9.99. The van der Waals surface area contributed by atoms with Crippen LogP contribution < -0.4 is 0 Å². The second-order valence-corrected chi connectivity index (χ2v) is 5.48. The maximum atomic E-state index is 12.2. The number of benzene rings is 1. The van der Waals surface area contributed by atoms with E-state index in [4.69, 9.17) is 11.6 Å². The number of hydrogen-bond donors (Lipinski definition) is 0. The predicted molar refractivity (Wildman–Crippen MR) is 74.9 cm³/mol. The van der Waals surface area contributed by atoms with Crippen LogP contribution in [-0.2, 0) is 11.2 Å². The van der Waals surface area contributed by atoms with Crippen molar-refractivity contribution in [2.24, 2.45) is 5.92 Å². The summed E-state index contributed by atoms with van der Waals surface area (Å²) in [5, 5.41) is 0. The lowest BCUT2D eigenvalue weighted by Crippen LogP contribution is -2.41. The number of rotatable bonds is 3. The molecule has 1 heterocycles. The second kappa shape index (κ2) is 6.24. The Morgan fingerprint density at radius 1 is 1.50 bits per heavy atom. The summed E-state index contributed by atoms with van der Waals surface area (Å²) in [6.07, 6.45) is 2.74. The van der Waals surface area contributed by atoms with Crippen molar-refractivity contribution >= 4 is 17.5 Å². The highest BCUT2D eigenvalue weighted by molar-refractivity contribution is 6.18. The van der Waals surface area contributed by atoms with Crippen LogP contribution in [0.3, 0.4) is 0 Å². The monoisotopic (exact) mass is 265 g/mol.